The number of anilines is 2. The Morgan fingerprint density at radius 1 is 1.03 bits per heavy atom. The van der Waals surface area contributed by atoms with Gasteiger partial charge in [0.05, 0.1) is 0 Å². The summed E-state index contributed by atoms with van der Waals surface area (Å²) in [7, 11) is 0. The van der Waals surface area contributed by atoms with Crippen LogP contribution in [0.3, 0.4) is 0 Å². The van der Waals surface area contributed by atoms with E-state index in [4.69, 9.17) is 4.74 Å². The van der Waals surface area contributed by atoms with Crippen molar-refractivity contribution in [2.24, 2.45) is 0 Å². The van der Waals surface area contributed by atoms with E-state index in [1.165, 1.54) is 18.5 Å². The van der Waals surface area contributed by atoms with E-state index in [2.05, 4.69) is 32.0 Å². The Bertz CT molecular complexity index is 1150. The Hall–Kier alpha value is -3.52. The molecule has 1 fully saturated rings. The van der Waals surface area contributed by atoms with Crippen LogP contribution < -0.4 is 15.0 Å². The zero-order chi connectivity index (χ0) is 22.8. The topological polar surface area (TPSA) is 70.6 Å². The van der Waals surface area contributed by atoms with Crippen molar-refractivity contribution in [3.8, 4) is 11.6 Å². The number of ether oxygens (including phenoxy) is 1. The minimum Gasteiger partial charge on any atom is -0.438 e. The number of carbonyl (C=O) groups excluding carboxylic acids is 1. The van der Waals surface area contributed by atoms with Gasteiger partial charge in [0.2, 0.25) is 11.8 Å². The number of benzene rings is 2. The van der Waals surface area contributed by atoms with Crippen molar-refractivity contribution in [1.82, 2.24) is 14.9 Å². The summed E-state index contributed by atoms with van der Waals surface area (Å²) in [5.41, 5.74) is 2.90. The predicted molar refractivity (Wildman–Crippen MR) is 124 cm³/mol. The van der Waals surface area contributed by atoms with Gasteiger partial charge in [0.25, 0.3) is 0 Å². The van der Waals surface area contributed by atoms with E-state index < -0.39 is 0 Å². The summed E-state index contributed by atoms with van der Waals surface area (Å²) in [5.74, 6) is 1.82. The predicted octanol–water partition coefficient (Wildman–Crippen LogP) is 4.18. The molecule has 0 spiro atoms. The number of hydrogen-bond acceptors (Lipinski definition) is 6. The highest BCUT2D eigenvalue weighted by molar-refractivity contribution is 5.94. The average Bonchev–Trinajstić information content (AvgIpc) is 2.84. The molecule has 0 saturated carbocycles. The summed E-state index contributed by atoms with van der Waals surface area (Å²) in [6.45, 7) is 5.57. The summed E-state index contributed by atoms with van der Waals surface area (Å²) < 4.78 is 19.3. The number of halogens is 1. The van der Waals surface area contributed by atoms with Crippen molar-refractivity contribution in [2.75, 3.05) is 36.4 Å². The zero-order valence-corrected chi connectivity index (χ0v) is 18.5. The molecule has 0 bridgehead atoms. The van der Waals surface area contributed by atoms with Crippen LogP contribution in [0.15, 0.2) is 54.9 Å². The van der Waals surface area contributed by atoms with Gasteiger partial charge in [0.15, 0.2) is 0 Å². The molecule has 1 amide bonds. The Morgan fingerprint density at radius 3 is 2.61 bits per heavy atom. The lowest BCUT2D eigenvalue weighted by molar-refractivity contribution is -0.116. The summed E-state index contributed by atoms with van der Waals surface area (Å²) in [4.78, 5) is 25.1. The minimum absolute atomic E-state index is 0.0249. The van der Waals surface area contributed by atoms with Gasteiger partial charge in [-0.25, -0.2) is 14.4 Å². The maximum absolute atomic E-state index is 13.2. The fraction of sp³-hybridized carbons (Fsp3) is 0.320. The lowest BCUT2D eigenvalue weighted by Crippen LogP contribution is -2.47. The van der Waals surface area contributed by atoms with Crippen LogP contribution in [0.1, 0.15) is 30.5 Å². The van der Waals surface area contributed by atoms with Crippen molar-refractivity contribution in [3.05, 3.63) is 71.8 Å². The quantitative estimate of drug-likeness (QED) is 0.633. The Morgan fingerprint density at radius 2 is 1.82 bits per heavy atom. The van der Waals surface area contributed by atoms with Crippen LogP contribution in [0, 0.1) is 5.82 Å². The first kappa shape index (κ1) is 21.3. The van der Waals surface area contributed by atoms with Crippen molar-refractivity contribution in [3.63, 3.8) is 0 Å². The van der Waals surface area contributed by atoms with Crippen LogP contribution >= 0.6 is 0 Å². The van der Waals surface area contributed by atoms with Crippen LogP contribution in [0.2, 0.25) is 0 Å². The molecule has 5 rings (SSSR count). The zero-order valence-electron chi connectivity index (χ0n) is 18.5. The highest BCUT2D eigenvalue weighted by Crippen LogP contribution is 2.34. The van der Waals surface area contributed by atoms with E-state index in [1.54, 1.807) is 0 Å². The molecule has 33 heavy (non-hydrogen) atoms. The number of hydrogen-bond donors (Lipinski definition) is 1. The normalized spacial score (nSPS) is 17.3. The lowest BCUT2D eigenvalue weighted by Gasteiger charge is -2.38. The molecule has 7 nitrogen and oxygen atoms in total. The Labute approximate surface area is 192 Å². The van der Waals surface area contributed by atoms with Crippen molar-refractivity contribution in [2.45, 2.75) is 25.8 Å². The third-order valence-corrected chi connectivity index (χ3v) is 6.39. The molecule has 0 radical (unpaired) electrons. The molecule has 2 aliphatic rings. The molecule has 1 aromatic heterocycles. The summed E-state index contributed by atoms with van der Waals surface area (Å²) in [6.07, 6.45) is 2.61. The fourth-order valence-corrected chi connectivity index (χ4v) is 4.45. The first-order valence-corrected chi connectivity index (χ1v) is 11.2. The third-order valence-electron chi connectivity index (χ3n) is 6.39. The van der Waals surface area contributed by atoms with E-state index in [9.17, 15) is 9.18 Å². The number of piperazine rings is 1. The van der Waals surface area contributed by atoms with Gasteiger partial charge in [-0.15, -0.1) is 0 Å². The molecule has 1 unspecified atom stereocenters. The number of nitrogens with one attached hydrogen (secondary N) is 1. The van der Waals surface area contributed by atoms with Crippen molar-refractivity contribution in [1.29, 1.82) is 0 Å². The van der Waals surface area contributed by atoms with Crippen molar-refractivity contribution >= 4 is 17.4 Å². The minimum atomic E-state index is -0.210. The number of rotatable bonds is 5. The van der Waals surface area contributed by atoms with Crippen LogP contribution in [-0.4, -0.2) is 47.0 Å². The molecular formula is C25H26FN5O2. The van der Waals surface area contributed by atoms with E-state index >= 15 is 0 Å². The molecule has 170 valence electrons. The SMILES string of the molecule is CC(c1ccc(F)cc1)N1CCN(c2cc(Oc3cccc4c3CCC(=O)N4)ncn2)CC1. The van der Waals surface area contributed by atoms with Gasteiger partial charge >= 0.3 is 0 Å². The molecule has 2 aliphatic heterocycles. The Kier molecular flexibility index (Phi) is 5.92. The van der Waals surface area contributed by atoms with Crippen LogP contribution in [0.25, 0.3) is 0 Å². The maximum atomic E-state index is 13.2. The number of carbonyl (C=O) groups is 1. The second-order valence-electron chi connectivity index (χ2n) is 8.40. The number of aromatic nitrogens is 2. The first-order valence-electron chi connectivity index (χ1n) is 11.2. The molecule has 3 aromatic rings. The summed E-state index contributed by atoms with van der Waals surface area (Å²) in [5, 5.41) is 2.89. The average molecular weight is 448 g/mol. The molecule has 3 heterocycles. The molecule has 1 N–H and O–H groups in total. The highest BCUT2D eigenvalue weighted by Gasteiger charge is 2.24. The standard InChI is InChI=1S/C25H26FN5O2/c1-17(18-5-7-19(26)8-6-18)30-11-13-31(14-12-30)23-15-25(28-16-27-23)33-22-4-2-3-21-20(22)9-10-24(32)29-21/h2-8,15-17H,9-14H2,1H3,(H,29,32). The van der Waals surface area contributed by atoms with Gasteiger partial charge in [0, 0.05) is 56.0 Å². The summed E-state index contributed by atoms with van der Waals surface area (Å²) in [6, 6.07) is 14.5. The van der Waals surface area contributed by atoms with E-state index in [0.717, 1.165) is 48.8 Å². The number of fused-ring (bicyclic) bond motifs is 1. The first-order chi connectivity index (χ1) is 16.1. The Balaban J connectivity index is 1.25. The number of nitrogens with zero attached hydrogens (tertiary/aromatic N) is 4. The van der Waals surface area contributed by atoms with Crippen molar-refractivity contribution < 1.29 is 13.9 Å². The largest absolute Gasteiger partial charge is 0.438 e. The van der Waals surface area contributed by atoms with Crippen LogP contribution in [-0.2, 0) is 11.2 Å². The van der Waals surface area contributed by atoms with Gasteiger partial charge in [-0.1, -0.05) is 18.2 Å². The molecule has 0 aliphatic carbocycles. The second-order valence-corrected chi connectivity index (χ2v) is 8.40. The van der Waals surface area contributed by atoms with Gasteiger partial charge in [-0.05, 0) is 43.2 Å². The summed E-state index contributed by atoms with van der Waals surface area (Å²) >= 11 is 0. The van der Waals surface area contributed by atoms with Crippen LogP contribution in [0.4, 0.5) is 15.9 Å². The smallest absolute Gasteiger partial charge is 0.224 e. The van der Waals surface area contributed by atoms with Gasteiger partial charge in [-0.2, -0.15) is 0 Å². The lowest BCUT2D eigenvalue weighted by atomic mass is 10.0. The number of amides is 1. The van der Waals surface area contributed by atoms with Gasteiger partial charge < -0.3 is 15.0 Å². The fourth-order valence-electron chi connectivity index (χ4n) is 4.45. The molecule has 1 saturated heterocycles. The molecular weight excluding hydrogens is 421 g/mol. The maximum Gasteiger partial charge on any atom is 0.224 e. The van der Waals surface area contributed by atoms with E-state index in [0.29, 0.717) is 24.5 Å². The van der Waals surface area contributed by atoms with Crippen LogP contribution in [0.5, 0.6) is 11.6 Å². The van der Waals surface area contributed by atoms with E-state index in [1.807, 2.05) is 36.4 Å². The monoisotopic (exact) mass is 447 g/mol. The molecule has 2 aromatic carbocycles. The van der Waals surface area contributed by atoms with E-state index in [-0.39, 0.29) is 17.8 Å². The van der Waals surface area contributed by atoms with Gasteiger partial charge in [-0.3, -0.25) is 9.69 Å². The molecule has 8 heteroatoms. The molecule has 1 atom stereocenters. The second kappa shape index (κ2) is 9.15. The van der Waals surface area contributed by atoms with Gasteiger partial charge in [0.1, 0.15) is 23.7 Å². The third kappa shape index (κ3) is 4.66. The highest BCUT2D eigenvalue weighted by atomic mass is 19.1.